The molecular formula is C11H19NO6. The molecule has 0 unspecified atom stereocenters. The third-order valence-corrected chi connectivity index (χ3v) is 2.69. The highest BCUT2D eigenvalue weighted by Gasteiger charge is 2.43. The quantitative estimate of drug-likeness (QED) is 0.584. The summed E-state index contributed by atoms with van der Waals surface area (Å²) < 4.78 is 14.9. The van der Waals surface area contributed by atoms with E-state index in [1.807, 2.05) is 0 Å². The average molecular weight is 261 g/mol. The van der Waals surface area contributed by atoms with Crippen LogP contribution in [0.4, 0.5) is 4.79 Å². The maximum Gasteiger partial charge on any atom is 0.407 e. The van der Waals surface area contributed by atoms with E-state index in [1.54, 1.807) is 6.92 Å². The van der Waals surface area contributed by atoms with E-state index in [4.69, 9.17) is 14.2 Å². The molecule has 5 atom stereocenters. The van der Waals surface area contributed by atoms with Crippen LogP contribution in [0.3, 0.4) is 0 Å². The number of hydrogen-bond acceptors (Lipinski definition) is 6. The standard InChI is InChI=1S/C11H19NO6/c1-4-5-17-11(15)12-7-8(13)6(2)18-10(16-3)9(7)14/h4,6-10,13-14H,1,5H2,2-3H3,(H,12,15)/t6-,7+,8-,9+,10-/m1/s1. The summed E-state index contributed by atoms with van der Waals surface area (Å²) in [7, 11) is 1.37. The molecule has 104 valence electrons. The second kappa shape index (κ2) is 6.69. The van der Waals surface area contributed by atoms with E-state index in [1.165, 1.54) is 13.2 Å². The van der Waals surface area contributed by atoms with Crippen LogP contribution in [-0.2, 0) is 14.2 Å². The van der Waals surface area contributed by atoms with E-state index in [0.717, 1.165) is 0 Å². The van der Waals surface area contributed by atoms with Crippen molar-refractivity contribution in [2.24, 2.45) is 0 Å². The van der Waals surface area contributed by atoms with Gasteiger partial charge in [0.05, 0.1) is 12.1 Å². The minimum atomic E-state index is -1.18. The SMILES string of the molecule is C=CCOC(=O)N[C@@H]1[C@H](O)[C@H](OC)O[C@H](C)[C@H]1O. The fraction of sp³-hybridized carbons (Fsp3) is 0.727. The molecule has 0 radical (unpaired) electrons. The van der Waals surface area contributed by atoms with Crippen molar-refractivity contribution in [1.29, 1.82) is 0 Å². The van der Waals surface area contributed by atoms with Gasteiger partial charge in [-0.3, -0.25) is 0 Å². The van der Waals surface area contributed by atoms with E-state index in [2.05, 4.69) is 11.9 Å². The fourth-order valence-electron chi connectivity index (χ4n) is 1.71. The van der Waals surface area contributed by atoms with Crippen molar-refractivity contribution < 1.29 is 29.2 Å². The molecule has 0 aromatic heterocycles. The van der Waals surface area contributed by atoms with Gasteiger partial charge in [0, 0.05) is 7.11 Å². The van der Waals surface area contributed by atoms with Gasteiger partial charge in [0.25, 0.3) is 0 Å². The average Bonchev–Trinajstić information content (AvgIpc) is 2.36. The zero-order chi connectivity index (χ0) is 13.7. The van der Waals surface area contributed by atoms with Gasteiger partial charge in [-0.1, -0.05) is 12.7 Å². The number of hydrogen-bond donors (Lipinski definition) is 3. The van der Waals surface area contributed by atoms with E-state index >= 15 is 0 Å². The molecule has 0 aromatic rings. The Kier molecular flexibility index (Phi) is 5.54. The number of alkyl carbamates (subject to hydrolysis) is 1. The first-order valence-corrected chi connectivity index (χ1v) is 5.59. The van der Waals surface area contributed by atoms with Crippen molar-refractivity contribution in [2.45, 2.75) is 37.6 Å². The second-order valence-electron chi connectivity index (χ2n) is 3.98. The Morgan fingerprint density at radius 3 is 2.72 bits per heavy atom. The number of nitrogens with one attached hydrogen (secondary N) is 1. The molecule has 7 heteroatoms. The zero-order valence-corrected chi connectivity index (χ0v) is 10.4. The number of aliphatic hydroxyl groups excluding tert-OH is 2. The highest BCUT2D eigenvalue weighted by Crippen LogP contribution is 2.21. The molecule has 1 amide bonds. The largest absolute Gasteiger partial charge is 0.445 e. The van der Waals surface area contributed by atoms with Crippen LogP contribution in [0.15, 0.2) is 12.7 Å². The normalized spacial score (nSPS) is 35.9. The molecule has 18 heavy (non-hydrogen) atoms. The summed E-state index contributed by atoms with van der Waals surface area (Å²) in [6, 6.07) is -0.920. The van der Waals surface area contributed by atoms with Crippen molar-refractivity contribution >= 4 is 6.09 Å². The number of amides is 1. The highest BCUT2D eigenvalue weighted by atomic mass is 16.7. The summed E-state index contributed by atoms with van der Waals surface area (Å²) >= 11 is 0. The number of aliphatic hydroxyl groups is 2. The van der Waals surface area contributed by atoms with Gasteiger partial charge in [0.2, 0.25) is 0 Å². The van der Waals surface area contributed by atoms with E-state index < -0.39 is 36.7 Å². The molecule has 1 saturated heterocycles. The van der Waals surface area contributed by atoms with Crippen LogP contribution >= 0.6 is 0 Å². The number of carbonyl (C=O) groups is 1. The van der Waals surface area contributed by atoms with Crippen molar-refractivity contribution in [3.63, 3.8) is 0 Å². The Hall–Kier alpha value is -1.15. The lowest BCUT2D eigenvalue weighted by molar-refractivity contribution is -0.261. The molecule has 3 N–H and O–H groups in total. The monoisotopic (exact) mass is 261 g/mol. The summed E-state index contributed by atoms with van der Waals surface area (Å²) in [5, 5.41) is 22.1. The van der Waals surface area contributed by atoms with Crippen LogP contribution in [0.2, 0.25) is 0 Å². The summed E-state index contributed by atoms with van der Waals surface area (Å²) in [6.45, 7) is 5.07. The van der Waals surface area contributed by atoms with Crippen LogP contribution in [0.5, 0.6) is 0 Å². The van der Waals surface area contributed by atoms with Crippen molar-refractivity contribution in [3.8, 4) is 0 Å². The predicted octanol–water partition coefficient (Wildman–Crippen LogP) is -0.620. The first-order valence-electron chi connectivity index (χ1n) is 5.59. The van der Waals surface area contributed by atoms with Crippen LogP contribution in [-0.4, -0.2) is 60.7 Å². The molecule has 0 saturated carbocycles. The number of ether oxygens (including phenoxy) is 3. The topological polar surface area (TPSA) is 97.3 Å². The lowest BCUT2D eigenvalue weighted by Gasteiger charge is -2.40. The molecule has 0 spiro atoms. The van der Waals surface area contributed by atoms with Crippen LogP contribution in [0, 0.1) is 0 Å². The number of carbonyl (C=O) groups excluding carboxylic acids is 1. The minimum Gasteiger partial charge on any atom is -0.445 e. The molecule has 1 aliphatic heterocycles. The maximum atomic E-state index is 11.4. The molecule has 0 aliphatic carbocycles. The van der Waals surface area contributed by atoms with E-state index in [9.17, 15) is 15.0 Å². The zero-order valence-electron chi connectivity index (χ0n) is 10.4. The van der Waals surface area contributed by atoms with Gasteiger partial charge < -0.3 is 29.7 Å². The van der Waals surface area contributed by atoms with Gasteiger partial charge >= 0.3 is 6.09 Å². The summed E-state index contributed by atoms with van der Waals surface area (Å²) in [5.41, 5.74) is 0. The minimum absolute atomic E-state index is 0.0461. The molecule has 0 aromatic carbocycles. The van der Waals surface area contributed by atoms with Crippen molar-refractivity contribution in [1.82, 2.24) is 5.32 Å². The molecule has 7 nitrogen and oxygen atoms in total. The predicted molar refractivity (Wildman–Crippen MR) is 61.8 cm³/mol. The molecule has 1 rings (SSSR count). The van der Waals surface area contributed by atoms with Crippen LogP contribution in [0.25, 0.3) is 0 Å². The van der Waals surface area contributed by atoms with Crippen molar-refractivity contribution in [2.75, 3.05) is 13.7 Å². The van der Waals surface area contributed by atoms with Gasteiger partial charge in [-0.25, -0.2) is 4.79 Å². The third kappa shape index (κ3) is 3.42. The molecular weight excluding hydrogens is 242 g/mol. The van der Waals surface area contributed by atoms with Gasteiger partial charge in [-0.2, -0.15) is 0 Å². The molecule has 0 bridgehead atoms. The third-order valence-electron chi connectivity index (χ3n) is 2.69. The van der Waals surface area contributed by atoms with Crippen LogP contribution in [0.1, 0.15) is 6.92 Å². The van der Waals surface area contributed by atoms with Crippen LogP contribution < -0.4 is 5.32 Å². The lowest BCUT2D eigenvalue weighted by atomic mass is 9.97. The summed E-state index contributed by atoms with van der Waals surface area (Å²) in [6.07, 6.45) is -3.06. The van der Waals surface area contributed by atoms with E-state index in [0.29, 0.717) is 0 Å². The van der Waals surface area contributed by atoms with E-state index in [-0.39, 0.29) is 6.61 Å². The highest BCUT2D eigenvalue weighted by molar-refractivity contribution is 5.67. The first kappa shape index (κ1) is 14.9. The molecule has 1 heterocycles. The van der Waals surface area contributed by atoms with Gasteiger partial charge in [0.1, 0.15) is 18.8 Å². The van der Waals surface area contributed by atoms with Crippen molar-refractivity contribution in [3.05, 3.63) is 12.7 Å². The Balaban J connectivity index is 2.64. The van der Waals surface area contributed by atoms with Gasteiger partial charge in [-0.05, 0) is 6.92 Å². The Morgan fingerprint density at radius 1 is 1.50 bits per heavy atom. The Morgan fingerprint density at radius 2 is 2.17 bits per heavy atom. The second-order valence-corrected chi connectivity index (χ2v) is 3.98. The van der Waals surface area contributed by atoms with Gasteiger partial charge in [0.15, 0.2) is 6.29 Å². The lowest BCUT2D eigenvalue weighted by Crippen LogP contribution is -2.63. The Labute approximate surface area is 105 Å². The Bertz CT molecular complexity index is 297. The first-order chi connectivity index (χ1) is 8.51. The summed E-state index contributed by atoms with van der Waals surface area (Å²) in [4.78, 5) is 11.4. The number of rotatable bonds is 4. The fourth-order valence-corrected chi connectivity index (χ4v) is 1.71. The molecule has 1 fully saturated rings. The smallest absolute Gasteiger partial charge is 0.407 e. The molecule has 1 aliphatic rings. The van der Waals surface area contributed by atoms with Gasteiger partial charge in [-0.15, -0.1) is 0 Å². The maximum absolute atomic E-state index is 11.4. The summed E-state index contributed by atoms with van der Waals surface area (Å²) in [5.74, 6) is 0. The number of methoxy groups -OCH3 is 1.